The second kappa shape index (κ2) is 3.35. The van der Waals surface area contributed by atoms with Crippen LogP contribution in [0.4, 0.5) is 0 Å². The highest BCUT2D eigenvalue weighted by Crippen LogP contribution is 2.45. The third-order valence-electron chi connectivity index (χ3n) is 3.21. The Morgan fingerprint density at radius 3 is 2.64 bits per heavy atom. The molecule has 0 amide bonds. The first-order valence-electron chi connectivity index (χ1n) is 4.88. The minimum absolute atomic E-state index is 0.0984. The van der Waals surface area contributed by atoms with Crippen molar-refractivity contribution in [3.8, 4) is 0 Å². The average Bonchev–Trinajstić information content (AvgIpc) is 2.00. The lowest BCUT2D eigenvalue weighted by molar-refractivity contribution is -0.123. The summed E-state index contributed by atoms with van der Waals surface area (Å²) in [5.74, 6) is 0.0984. The number of rotatable bonds is 2. The molecule has 2 heteroatoms. The topological polar surface area (TPSA) is 37.3 Å². The van der Waals surface area contributed by atoms with Crippen molar-refractivity contribution in [1.29, 1.82) is 0 Å². The SMILES string of the molecule is C=CCC1(O)C(C)=CC(=O)CC1(C)C. The Kier molecular flexibility index (Phi) is 2.68. The predicted octanol–water partition coefficient (Wildman–Crippen LogP) is 2.24. The number of hydrogen-bond acceptors (Lipinski definition) is 2. The van der Waals surface area contributed by atoms with Crippen LogP contribution < -0.4 is 0 Å². The van der Waals surface area contributed by atoms with Crippen molar-refractivity contribution in [2.24, 2.45) is 5.41 Å². The summed E-state index contributed by atoms with van der Waals surface area (Å²) in [6.07, 6.45) is 4.15. The average molecular weight is 194 g/mol. The largest absolute Gasteiger partial charge is 0.385 e. The van der Waals surface area contributed by atoms with E-state index in [9.17, 15) is 9.90 Å². The number of allylic oxidation sites excluding steroid dienone is 1. The van der Waals surface area contributed by atoms with Crippen LogP contribution in [0.25, 0.3) is 0 Å². The fourth-order valence-corrected chi connectivity index (χ4v) is 2.17. The molecular formula is C12H18O2. The lowest BCUT2D eigenvalue weighted by Crippen LogP contribution is -2.49. The molecule has 0 bridgehead atoms. The second-order valence-electron chi connectivity index (χ2n) is 4.71. The summed E-state index contributed by atoms with van der Waals surface area (Å²) in [5, 5.41) is 10.5. The monoisotopic (exact) mass is 194 g/mol. The summed E-state index contributed by atoms with van der Waals surface area (Å²) in [6.45, 7) is 9.30. The molecule has 1 aliphatic rings. The molecule has 0 aromatic heterocycles. The lowest BCUT2D eigenvalue weighted by atomic mass is 9.63. The molecular weight excluding hydrogens is 176 g/mol. The molecule has 0 radical (unpaired) electrons. The van der Waals surface area contributed by atoms with Gasteiger partial charge in [-0.25, -0.2) is 0 Å². The molecule has 0 aliphatic heterocycles. The third kappa shape index (κ3) is 1.55. The quantitative estimate of drug-likeness (QED) is 0.684. The Labute approximate surface area is 85.3 Å². The zero-order valence-electron chi connectivity index (χ0n) is 9.13. The van der Waals surface area contributed by atoms with E-state index in [2.05, 4.69) is 6.58 Å². The second-order valence-corrected chi connectivity index (χ2v) is 4.71. The van der Waals surface area contributed by atoms with Crippen LogP contribution in [0.1, 0.15) is 33.6 Å². The van der Waals surface area contributed by atoms with E-state index >= 15 is 0 Å². The van der Waals surface area contributed by atoms with Gasteiger partial charge in [-0.15, -0.1) is 6.58 Å². The number of hydrogen-bond donors (Lipinski definition) is 1. The van der Waals surface area contributed by atoms with Crippen molar-refractivity contribution in [2.45, 2.75) is 39.2 Å². The van der Waals surface area contributed by atoms with E-state index in [1.54, 1.807) is 12.2 Å². The van der Waals surface area contributed by atoms with Crippen molar-refractivity contribution in [3.05, 3.63) is 24.3 Å². The summed E-state index contributed by atoms with van der Waals surface area (Å²) in [7, 11) is 0. The van der Waals surface area contributed by atoms with Crippen LogP contribution in [0.5, 0.6) is 0 Å². The standard InChI is InChI=1S/C12H18O2/c1-5-6-12(14)9(2)7-10(13)8-11(12,3)4/h5,7,14H,1,6,8H2,2-4H3. The van der Waals surface area contributed by atoms with Gasteiger partial charge in [0.2, 0.25) is 0 Å². The van der Waals surface area contributed by atoms with Crippen molar-refractivity contribution in [2.75, 3.05) is 0 Å². The van der Waals surface area contributed by atoms with Crippen molar-refractivity contribution >= 4 is 5.78 Å². The Bertz CT molecular complexity index is 299. The summed E-state index contributed by atoms with van der Waals surface area (Å²) in [4.78, 5) is 11.4. The third-order valence-corrected chi connectivity index (χ3v) is 3.21. The van der Waals surface area contributed by atoms with Crippen molar-refractivity contribution in [1.82, 2.24) is 0 Å². The summed E-state index contributed by atoms with van der Waals surface area (Å²) in [6, 6.07) is 0. The van der Waals surface area contributed by atoms with Crippen LogP contribution in [-0.2, 0) is 4.79 Å². The van der Waals surface area contributed by atoms with Gasteiger partial charge in [-0.05, 0) is 25.0 Å². The predicted molar refractivity (Wildman–Crippen MR) is 56.9 cm³/mol. The van der Waals surface area contributed by atoms with E-state index in [0.29, 0.717) is 12.8 Å². The number of aliphatic hydroxyl groups is 1. The van der Waals surface area contributed by atoms with E-state index < -0.39 is 11.0 Å². The highest BCUT2D eigenvalue weighted by Gasteiger charge is 2.47. The maximum atomic E-state index is 11.4. The van der Waals surface area contributed by atoms with E-state index in [1.165, 1.54) is 0 Å². The maximum Gasteiger partial charge on any atom is 0.156 e. The Hall–Kier alpha value is -0.890. The van der Waals surface area contributed by atoms with Gasteiger partial charge in [-0.2, -0.15) is 0 Å². The molecule has 0 saturated heterocycles. The van der Waals surface area contributed by atoms with E-state index in [-0.39, 0.29) is 5.78 Å². The van der Waals surface area contributed by atoms with Crippen molar-refractivity contribution in [3.63, 3.8) is 0 Å². The molecule has 1 rings (SSSR count). The highest BCUT2D eigenvalue weighted by molar-refractivity contribution is 5.92. The molecule has 0 aromatic carbocycles. The van der Waals surface area contributed by atoms with E-state index in [0.717, 1.165) is 5.57 Å². The minimum Gasteiger partial charge on any atom is -0.385 e. The smallest absolute Gasteiger partial charge is 0.156 e. The molecule has 0 saturated carbocycles. The van der Waals surface area contributed by atoms with Crippen molar-refractivity contribution < 1.29 is 9.90 Å². The summed E-state index contributed by atoms with van der Waals surface area (Å²) in [5.41, 5.74) is -0.571. The number of ketones is 1. The van der Waals surface area contributed by atoms with Gasteiger partial charge in [0, 0.05) is 11.8 Å². The Balaban J connectivity index is 3.18. The van der Waals surface area contributed by atoms with Crippen LogP contribution in [-0.4, -0.2) is 16.5 Å². The summed E-state index contributed by atoms with van der Waals surface area (Å²) < 4.78 is 0. The number of carbonyl (C=O) groups excluding carboxylic acids is 1. The maximum absolute atomic E-state index is 11.4. The van der Waals surface area contributed by atoms with Gasteiger partial charge in [0.05, 0.1) is 5.60 Å². The van der Waals surface area contributed by atoms with Crippen LogP contribution in [0.15, 0.2) is 24.3 Å². The minimum atomic E-state index is -0.914. The van der Waals surface area contributed by atoms with Crippen LogP contribution in [0.3, 0.4) is 0 Å². The summed E-state index contributed by atoms with van der Waals surface area (Å²) >= 11 is 0. The number of carbonyl (C=O) groups is 1. The molecule has 2 nitrogen and oxygen atoms in total. The van der Waals surface area contributed by atoms with E-state index in [1.807, 2.05) is 20.8 Å². The van der Waals surface area contributed by atoms with Gasteiger partial charge in [0.15, 0.2) is 5.78 Å². The van der Waals surface area contributed by atoms with Gasteiger partial charge in [-0.1, -0.05) is 19.9 Å². The van der Waals surface area contributed by atoms with Crippen LogP contribution in [0.2, 0.25) is 0 Å². The first kappa shape index (κ1) is 11.2. The van der Waals surface area contributed by atoms with Gasteiger partial charge in [0.1, 0.15) is 0 Å². The normalized spacial score (nSPS) is 31.1. The zero-order chi connectivity index (χ0) is 11.0. The van der Waals surface area contributed by atoms with Gasteiger partial charge in [-0.3, -0.25) is 4.79 Å². The molecule has 1 aliphatic carbocycles. The lowest BCUT2D eigenvalue weighted by Gasteiger charge is -2.45. The van der Waals surface area contributed by atoms with Crippen LogP contribution >= 0.6 is 0 Å². The molecule has 1 unspecified atom stereocenters. The van der Waals surface area contributed by atoms with E-state index in [4.69, 9.17) is 0 Å². The fraction of sp³-hybridized carbons (Fsp3) is 0.583. The molecule has 14 heavy (non-hydrogen) atoms. The molecule has 1 atom stereocenters. The van der Waals surface area contributed by atoms with Gasteiger partial charge in [0.25, 0.3) is 0 Å². The molecule has 0 aromatic rings. The van der Waals surface area contributed by atoms with Crippen LogP contribution in [0, 0.1) is 5.41 Å². The molecule has 0 heterocycles. The highest BCUT2D eigenvalue weighted by atomic mass is 16.3. The Morgan fingerprint density at radius 1 is 1.64 bits per heavy atom. The molecule has 1 N–H and O–H groups in total. The first-order valence-corrected chi connectivity index (χ1v) is 4.88. The molecule has 78 valence electrons. The molecule has 0 spiro atoms. The van der Waals surface area contributed by atoms with Gasteiger partial charge >= 0.3 is 0 Å². The first-order chi connectivity index (χ1) is 6.33. The Morgan fingerprint density at radius 2 is 2.21 bits per heavy atom. The molecule has 0 fully saturated rings. The fourth-order valence-electron chi connectivity index (χ4n) is 2.17. The zero-order valence-corrected chi connectivity index (χ0v) is 9.13. The van der Waals surface area contributed by atoms with Gasteiger partial charge < -0.3 is 5.11 Å².